The van der Waals surface area contributed by atoms with Gasteiger partial charge in [-0.2, -0.15) is 5.10 Å². The number of hydrogen-bond donors (Lipinski definition) is 2. The van der Waals surface area contributed by atoms with E-state index in [2.05, 4.69) is 10.5 Å². The summed E-state index contributed by atoms with van der Waals surface area (Å²) in [7, 11) is 0. The fraction of sp³-hybridized carbons (Fsp3) is 0.125. The average molecular weight is 268 g/mol. The van der Waals surface area contributed by atoms with Crippen LogP contribution in [0.25, 0.3) is 0 Å². The molecule has 1 amide bonds. The summed E-state index contributed by atoms with van der Waals surface area (Å²) in [6, 6.07) is 12.1. The molecule has 0 aromatic heterocycles. The molecule has 2 aromatic rings. The number of benzene rings is 2. The van der Waals surface area contributed by atoms with Gasteiger partial charge in [0.2, 0.25) is 0 Å². The Balaban J connectivity index is 2.04. The van der Waals surface area contributed by atoms with Crippen LogP contribution in [-0.4, -0.2) is 17.2 Å². The molecule has 0 heterocycles. The summed E-state index contributed by atoms with van der Waals surface area (Å²) in [5, 5.41) is 13.1. The number of nitrogens with one attached hydrogen (secondary N) is 1. The summed E-state index contributed by atoms with van der Waals surface area (Å²) in [5.41, 5.74) is 6.11. The number of hydrogen-bond acceptors (Lipinski definition) is 3. The number of aromatic hydroxyl groups is 1. The summed E-state index contributed by atoms with van der Waals surface area (Å²) in [6.45, 7) is 3.99. The molecule has 2 N–H and O–H groups in total. The normalized spacial score (nSPS) is 10.7. The number of rotatable bonds is 3. The number of nitrogens with zero attached hydrogens (tertiary/aromatic N) is 1. The molecule has 4 heteroatoms. The SMILES string of the molecule is Cc1ccc(C)c(C=NNC(=O)c2ccc(O)cc2)c1. The molecule has 0 unspecified atom stereocenters. The summed E-state index contributed by atoms with van der Waals surface area (Å²) in [4.78, 5) is 11.8. The van der Waals surface area contributed by atoms with E-state index in [0.29, 0.717) is 5.56 Å². The van der Waals surface area contributed by atoms with E-state index in [1.807, 2.05) is 32.0 Å². The molecular weight excluding hydrogens is 252 g/mol. The zero-order valence-electron chi connectivity index (χ0n) is 11.4. The molecule has 0 bridgehead atoms. The second kappa shape index (κ2) is 6.02. The Bertz CT molecular complexity index is 646. The van der Waals surface area contributed by atoms with E-state index in [1.165, 1.54) is 24.3 Å². The predicted octanol–water partition coefficient (Wildman–Crippen LogP) is 2.77. The van der Waals surface area contributed by atoms with Gasteiger partial charge in [-0.1, -0.05) is 23.8 Å². The summed E-state index contributed by atoms with van der Waals surface area (Å²) >= 11 is 0. The van der Waals surface area contributed by atoms with Gasteiger partial charge in [-0.15, -0.1) is 0 Å². The largest absolute Gasteiger partial charge is 0.508 e. The van der Waals surface area contributed by atoms with Crippen LogP contribution >= 0.6 is 0 Å². The first-order chi connectivity index (χ1) is 9.56. The summed E-state index contributed by atoms with van der Waals surface area (Å²) in [6.07, 6.45) is 1.63. The molecule has 4 nitrogen and oxygen atoms in total. The number of carbonyl (C=O) groups is 1. The molecule has 0 aliphatic rings. The van der Waals surface area contributed by atoms with Crippen LogP contribution in [-0.2, 0) is 0 Å². The first kappa shape index (κ1) is 13.8. The topological polar surface area (TPSA) is 61.7 Å². The maximum Gasteiger partial charge on any atom is 0.271 e. The zero-order chi connectivity index (χ0) is 14.5. The highest BCUT2D eigenvalue weighted by Gasteiger charge is 2.03. The lowest BCUT2D eigenvalue weighted by Crippen LogP contribution is -2.17. The third-order valence-electron chi connectivity index (χ3n) is 2.93. The van der Waals surface area contributed by atoms with Crippen LogP contribution in [0.15, 0.2) is 47.6 Å². The maximum atomic E-state index is 11.8. The van der Waals surface area contributed by atoms with Crippen LogP contribution in [0.4, 0.5) is 0 Å². The van der Waals surface area contributed by atoms with Crippen LogP contribution in [0, 0.1) is 13.8 Å². The Kier molecular flexibility index (Phi) is 4.15. The van der Waals surface area contributed by atoms with E-state index >= 15 is 0 Å². The molecule has 0 atom stereocenters. The third kappa shape index (κ3) is 3.45. The first-order valence-corrected chi connectivity index (χ1v) is 6.26. The number of carbonyl (C=O) groups excluding carboxylic acids is 1. The van der Waals surface area contributed by atoms with E-state index in [1.54, 1.807) is 6.21 Å². The fourth-order valence-electron chi connectivity index (χ4n) is 1.74. The van der Waals surface area contributed by atoms with Crippen molar-refractivity contribution in [1.82, 2.24) is 5.43 Å². The quantitative estimate of drug-likeness (QED) is 0.664. The van der Waals surface area contributed by atoms with Gasteiger partial charge in [0.05, 0.1) is 6.21 Å². The highest BCUT2D eigenvalue weighted by Crippen LogP contribution is 2.10. The van der Waals surface area contributed by atoms with Gasteiger partial charge >= 0.3 is 0 Å². The van der Waals surface area contributed by atoms with Crippen molar-refractivity contribution in [3.8, 4) is 5.75 Å². The number of hydrazone groups is 1. The molecule has 102 valence electrons. The van der Waals surface area contributed by atoms with Crippen molar-refractivity contribution >= 4 is 12.1 Å². The van der Waals surface area contributed by atoms with Crippen molar-refractivity contribution in [3.63, 3.8) is 0 Å². The van der Waals surface area contributed by atoms with Gasteiger partial charge in [0.25, 0.3) is 5.91 Å². The number of amides is 1. The second-order valence-corrected chi connectivity index (χ2v) is 4.61. The van der Waals surface area contributed by atoms with Crippen molar-refractivity contribution < 1.29 is 9.90 Å². The van der Waals surface area contributed by atoms with Crippen LogP contribution in [0.5, 0.6) is 5.75 Å². The molecule has 0 saturated carbocycles. The maximum absolute atomic E-state index is 11.8. The number of phenols is 1. The molecule has 20 heavy (non-hydrogen) atoms. The molecule has 2 aromatic carbocycles. The molecule has 0 spiro atoms. The summed E-state index contributed by atoms with van der Waals surface area (Å²) in [5.74, 6) is -0.188. The van der Waals surface area contributed by atoms with Crippen molar-refractivity contribution in [3.05, 3.63) is 64.7 Å². The molecule has 2 rings (SSSR count). The van der Waals surface area contributed by atoms with Gasteiger partial charge < -0.3 is 5.11 Å². The minimum atomic E-state index is -0.313. The zero-order valence-corrected chi connectivity index (χ0v) is 11.4. The van der Waals surface area contributed by atoms with Gasteiger partial charge in [0.1, 0.15) is 5.75 Å². The Morgan fingerprint density at radius 2 is 1.85 bits per heavy atom. The smallest absolute Gasteiger partial charge is 0.271 e. The van der Waals surface area contributed by atoms with Gasteiger partial charge in [-0.05, 0) is 49.2 Å². The minimum Gasteiger partial charge on any atom is -0.508 e. The Labute approximate surface area is 117 Å². The van der Waals surface area contributed by atoms with E-state index in [-0.39, 0.29) is 11.7 Å². The van der Waals surface area contributed by atoms with Crippen LogP contribution in [0.2, 0.25) is 0 Å². The van der Waals surface area contributed by atoms with Gasteiger partial charge in [-0.3, -0.25) is 4.79 Å². The number of phenolic OH excluding ortho intramolecular Hbond substituents is 1. The molecular formula is C16H16N2O2. The number of aryl methyl sites for hydroxylation is 2. The van der Waals surface area contributed by atoms with E-state index in [9.17, 15) is 4.79 Å². The Morgan fingerprint density at radius 1 is 1.15 bits per heavy atom. The van der Waals surface area contributed by atoms with Crippen LogP contribution in [0.1, 0.15) is 27.0 Å². The predicted molar refractivity (Wildman–Crippen MR) is 79.1 cm³/mol. The molecule has 0 aliphatic heterocycles. The van der Waals surface area contributed by atoms with E-state index < -0.39 is 0 Å². The van der Waals surface area contributed by atoms with Crippen LogP contribution < -0.4 is 5.43 Å². The monoisotopic (exact) mass is 268 g/mol. The second-order valence-electron chi connectivity index (χ2n) is 4.61. The fourth-order valence-corrected chi connectivity index (χ4v) is 1.74. The Hall–Kier alpha value is -2.62. The van der Waals surface area contributed by atoms with Crippen molar-refractivity contribution in [2.45, 2.75) is 13.8 Å². The van der Waals surface area contributed by atoms with Gasteiger partial charge in [0, 0.05) is 5.56 Å². The lowest BCUT2D eigenvalue weighted by Gasteiger charge is -2.02. The molecule has 0 radical (unpaired) electrons. The van der Waals surface area contributed by atoms with Crippen molar-refractivity contribution in [2.24, 2.45) is 5.10 Å². The third-order valence-corrected chi connectivity index (χ3v) is 2.93. The molecule has 0 saturated heterocycles. The highest BCUT2D eigenvalue weighted by atomic mass is 16.3. The lowest BCUT2D eigenvalue weighted by atomic mass is 10.1. The highest BCUT2D eigenvalue weighted by molar-refractivity contribution is 5.95. The first-order valence-electron chi connectivity index (χ1n) is 6.26. The van der Waals surface area contributed by atoms with Crippen molar-refractivity contribution in [2.75, 3.05) is 0 Å². The van der Waals surface area contributed by atoms with E-state index in [0.717, 1.165) is 16.7 Å². The average Bonchev–Trinajstić information content (AvgIpc) is 2.43. The van der Waals surface area contributed by atoms with Gasteiger partial charge in [-0.25, -0.2) is 5.43 Å². The lowest BCUT2D eigenvalue weighted by molar-refractivity contribution is 0.0955. The van der Waals surface area contributed by atoms with Crippen LogP contribution in [0.3, 0.4) is 0 Å². The molecule has 0 aliphatic carbocycles. The minimum absolute atomic E-state index is 0.125. The summed E-state index contributed by atoms with van der Waals surface area (Å²) < 4.78 is 0. The van der Waals surface area contributed by atoms with Crippen molar-refractivity contribution in [1.29, 1.82) is 0 Å². The standard InChI is InChI=1S/C16H16N2O2/c1-11-3-4-12(2)14(9-11)10-17-18-16(20)13-5-7-15(19)8-6-13/h3-10,19H,1-2H3,(H,18,20). The van der Waals surface area contributed by atoms with Gasteiger partial charge in [0.15, 0.2) is 0 Å². The molecule has 0 fully saturated rings. The Morgan fingerprint density at radius 3 is 2.55 bits per heavy atom. The van der Waals surface area contributed by atoms with E-state index in [4.69, 9.17) is 5.11 Å².